The third kappa shape index (κ3) is 9.26. The van der Waals surface area contributed by atoms with Gasteiger partial charge in [0.15, 0.2) is 12.2 Å². The number of carbonyl (C=O) groups is 4. The van der Waals surface area contributed by atoms with E-state index in [4.69, 9.17) is 23.7 Å². The van der Waals surface area contributed by atoms with E-state index >= 15 is 0 Å². The van der Waals surface area contributed by atoms with Gasteiger partial charge in [0, 0.05) is 38.8 Å². The topological polar surface area (TPSA) is 135 Å². The Hall–Kier alpha value is -3.98. The molecule has 1 heterocycles. The second-order valence-electron chi connectivity index (χ2n) is 11.9. The number of benzene rings is 2. The number of hydrogen-bond acceptors (Lipinski definition) is 10. The predicted octanol–water partition coefficient (Wildman–Crippen LogP) is 3.72. The molecule has 1 aliphatic heterocycles. The number of rotatable bonds is 8. The van der Waals surface area contributed by atoms with E-state index < -0.39 is 68.8 Å². The normalized spacial score (nSPS) is 23.0. The lowest BCUT2D eigenvalue weighted by atomic mass is 9.83. The number of ether oxygens (including phenoxy) is 5. The molecular weight excluding hydrogens is 584 g/mol. The van der Waals surface area contributed by atoms with Gasteiger partial charge in [0.05, 0.1) is 0 Å². The van der Waals surface area contributed by atoms with E-state index in [0.29, 0.717) is 12.0 Å². The third-order valence-electron chi connectivity index (χ3n) is 6.63. The zero-order chi connectivity index (χ0) is 32.8. The van der Waals surface area contributed by atoms with Gasteiger partial charge in [-0.1, -0.05) is 61.5 Å². The lowest BCUT2D eigenvalue weighted by Crippen LogP contribution is -2.66. The molecule has 44 heavy (non-hydrogen) atoms. The molecule has 0 aliphatic carbocycles. The molecule has 2 aromatic carbocycles. The molecule has 5 atom stereocenters. The van der Waals surface area contributed by atoms with Crippen LogP contribution in [0, 0.1) is 18.4 Å². The van der Waals surface area contributed by atoms with Crippen molar-refractivity contribution in [3.63, 3.8) is 0 Å². The van der Waals surface area contributed by atoms with Crippen LogP contribution in [0.5, 0.6) is 0 Å². The minimum Gasteiger partial charge on any atom is -0.463 e. The highest BCUT2D eigenvalue weighted by atomic mass is 28.3. The summed E-state index contributed by atoms with van der Waals surface area (Å²) in [4.78, 5) is 48.4. The second kappa shape index (κ2) is 14.2. The Kier molecular flexibility index (Phi) is 11.1. The molecule has 1 N–H and O–H groups in total. The van der Waals surface area contributed by atoms with E-state index in [1.165, 1.54) is 6.92 Å². The molecule has 1 saturated heterocycles. The monoisotopic (exact) mass is 624 g/mol. The fourth-order valence-corrected chi connectivity index (χ4v) is 5.42. The Bertz CT molecular complexity index is 1450. The molecule has 0 amide bonds. The van der Waals surface area contributed by atoms with Gasteiger partial charge in [-0.25, -0.2) is 0 Å². The van der Waals surface area contributed by atoms with Crippen molar-refractivity contribution in [3.8, 4) is 11.5 Å². The number of esters is 4. The van der Waals surface area contributed by atoms with Gasteiger partial charge in [-0.3, -0.25) is 19.2 Å². The van der Waals surface area contributed by atoms with E-state index in [0.717, 1.165) is 37.5 Å². The molecule has 10 nitrogen and oxygen atoms in total. The molecule has 236 valence electrons. The maximum absolute atomic E-state index is 12.4. The predicted molar refractivity (Wildman–Crippen MR) is 163 cm³/mol. The quantitative estimate of drug-likeness (QED) is 0.200. The van der Waals surface area contributed by atoms with Crippen LogP contribution in [0.1, 0.15) is 55.5 Å². The largest absolute Gasteiger partial charge is 0.463 e. The fourth-order valence-electron chi connectivity index (χ4n) is 4.90. The molecule has 1 fully saturated rings. The van der Waals surface area contributed by atoms with Gasteiger partial charge in [0.2, 0.25) is 11.9 Å². The minimum atomic E-state index is -2.42. The average Bonchev–Trinajstić information content (AvgIpc) is 2.90. The van der Waals surface area contributed by atoms with Crippen molar-refractivity contribution < 1.29 is 48.0 Å². The van der Waals surface area contributed by atoms with Crippen LogP contribution in [-0.4, -0.2) is 68.1 Å². The van der Waals surface area contributed by atoms with E-state index in [2.05, 4.69) is 31.1 Å². The molecule has 2 aromatic rings. The van der Waals surface area contributed by atoms with Crippen molar-refractivity contribution in [2.45, 2.75) is 90.9 Å². The molecule has 0 saturated carbocycles. The lowest BCUT2D eigenvalue weighted by Gasteiger charge is -2.49. The molecule has 0 unspecified atom stereocenters. The Balaban J connectivity index is 2.15. The van der Waals surface area contributed by atoms with Crippen LogP contribution in [0.3, 0.4) is 0 Å². The van der Waals surface area contributed by atoms with Crippen LogP contribution in [-0.2, 0) is 55.1 Å². The Morgan fingerprint density at radius 1 is 0.864 bits per heavy atom. The van der Waals surface area contributed by atoms with Gasteiger partial charge < -0.3 is 28.8 Å². The number of aryl methyl sites for hydroxylation is 1. The second-order valence-corrected chi connectivity index (χ2v) is 16.6. The summed E-state index contributed by atoms with van der Waals surface area (Å²) in [6.45, 7) is 12.5. The summed E-state index contributed by atoms with van der Waals surface area (Å²) in [6.07, 6.45) is -5.53. The van der Waals surface area contributed by atoms with Gasteiger partial charge in [-0.05, 0) is 36.6 Å². The first-order valence-electron chi connectivity index (χ1n) is 14.3. The summed E-state index contributed by atoms with van der Waals surface area (Å²) in [5.74, 6) is -2.20. The third-order valence-corrected chi connectivity index (χ3v) is 7.51. The van der Waals surface area contributed by atoms with Crippen LogP contribution < -0.4 is 0 Å². The van der Waals surface area contributed by atoms with Crippen LogP contribution in [0.25, 0.3) is 0 Å². The summed E-state index contributed by atoms with van der Waals surface area (Å²) >= 11 is 0. The van der Waals surface area contributed by atoms with Crippen LogP contribution in [0.15, 0.2) is 42.5 Å². The van der Waals surface area contributed by atoms with Crippen LogP contribution in [0.2, 0.25) is 19.6 Å². The maximum atomic E-state index is 12.4. The van der Waals surface area contributed by atoms with Crippen LogP contribution in [0.4, 0.5) is 0 Å². The van der Waals surface area contributed by atoms with E-state index in [1.54, 1.807) is 12.1 Å². The smallest absolute Gasteiger partial charge is 0.303 e. The summed E-state index contributed by atoms with van der Waals surface area (Å²) in [5.41, 5.74) is 6.88. The van der Waals surface area contributed by atoms with Gasteiger partial charge in [0.1, 0.15) is 20.8 Å². The zero-order valence-corrected chi connectivity index (χ0v) is 27.4. The molecule has 0 radical (unpaired) electrons. The lowest BCUT2D eigenvalue weighted by molar-refractivity contribution is -0.360. The molecule has 0 spiro atoms. The SMILES string of the molecule is CC(=O)OC[C@H]1O[C@@](O)(c2ccc(C)cc2Cc2ccc(C#C[Si](C)(C)C)cc2)[C@H](OC(C)=O)[C@@H](OC(C)=O)[C@@H]1OC(C)=O. The fraction of sp³-hybridized carbons (Fsp3) is 0.455. The van der Waals surface area contributed by atoms with Crippen molar-refractivity contribution in [3.05, 3.63) is 70.3 Å². The first-order valence-corrected chi connectivity index (χ1v) is 17.8. The summed E-state index contributed by atoms with van der Waals surface area (Å²) < 4.78 is 27.9. The van der Waals surface area contributed by atoms with Crippen molar-refractivity contribution >= 4 is 32.0 Å². The summed E-state index contributed by atoms with van der Waals surface area (Å²) in [7, 11) is -1.55. The first kappa shape index (κ1) is 34.5. The highest BCUT2D eigenvalue weighted by Crippen LogP contribution is 2.42. The van der Waals surface area contributed by atoms with Crippen molar-refractivity contribution in [2.75, 3.05) is 6.61 Å². The average molecular weight is 625 g/mol. The number of carbonyl (C=O) groups excluding carboxylic acids is 4. The van der Waals surface area contributed by atoms with Gasteiger partial charge in [0.25, 0.3) is 0 Å². The van der Waals surface area contributed by atoms with Gasteiger partial charge in [-0.2, -0.15) is 0 Å². The summed E-state index contributed by atoms with van der Waals surface area (Å²) in [5, 5.41) is 12.4. The van der Waals surface area contributed by atoms with Gasteiger partial charge in [-0.15, -0.1) is 5.54 Å². The molecule has 3 rings (SSSR count). The van der Waals surface area contributed by atoms with Crippen molar-refractivity contribution in [1.29, 1.82) is 0 Å². The number of hydrogen-bond donors (Lipinski definition) is 1. The first-order chi connectivity index (χ1) is 20.5. The Labute approximate surface area is 259 Å². The summed E-state index contributed by atoms with van der Waals surface area (Å²) in [6, 6.07) is 13.0. The molecule has 0 aromatic heterocycles. The van der Waals surface area contributed by atoms with Crippen molar-refractivity contribution in [1.82, 2.24) is 0 Å². The highest BCUT2D eigenvalue weighted by molar-refractivity contribution is 6.83. The van der Waals surface area contributed by atoms with E-state index in [9.17, 15) is 24.3 Å². The zero-order valence-electron chi connectivity index (χ0n) is 26.4. The van der Waals surface area contributed by atoms with Crippen LogP contribution >= 0.6 is 0 Å². The molecule has 11 heteroatoms. The molecule has 0 bridgehead atoms. The Morgan fingerprint density at radius 3 is 2.00 bits per heavy atom. The minimum absolute atomic E-state index is 0.225. The van der Waals surface area contributed by atoms with Crippen molar-refractivity contribution in [2.24, 2.45) is 0 Å². The molecular formula is C33H40O10Si. The van der Waals surface area contributed by atoms with E-state index in [1.807, 2.05) is 37.3 Å². The highest BCUT2D eigenvalue weighted by Gasteiger charge is 2.60. The number of aliphatic hydroxyl groups is 1. The molecule has 1 aliphatic rings. The van der Waals surface area contributed by atoms with Gasteiger partial charge >= 0.3 is 23.9 Å². The standard InChI is InChI=1S/C33H40O10Si/c1-20-9-14-28(27(17-20)18-26-12-10-25(11-13-26)15-16-44(6,7)8)33(38)32(42-24(5)37)31(41-23(4)36)30(40-22(3)35)29(43-33)19-39-21(2)34/h9-14,17,29-32,38H,18-19H2,1-8H3/t29-,30-,31+,32-,33+/m1/s1. The maximum Gasteiger partial charge on any atom is 0.303 e. The van der Waals surface area contributed by atoms with E-state index in [-0.39, 0.29) is 5.56 Å². The Morgan fingerprint density at radius 2 is 1.45 bits per heavy atom.